The summed E-state index contributed by atoms with van der Waals surface area (Å²) in [6.45, 7) is 7.54. The van der Waals surface area contributed by atoms with E-state index in [1.165, 1.54) is 24.3 Å². The number of nitrogens with one attached hydrogen (secondary N) is 2. The number of rotatable bonds is 6. The third-order valence-electron chi connectivity index (χ3n) is 2.66. The average molecular weight is 328 g/mol. The second-order valence-corrected chi connectivity index (χ2v) is 7.89. The summed E-state index contributed by atoms with van der Waals surface area (Å²) in [7, 11) is -2.03. The van der Waals surface area contributed by atoms with Crippen LogP contribution in [0.1, 0.15) is 38.1 Å². The Balaban J connectivity index is 2.85. The molecule has 0 aliphatic rings. The molecule has 2 N–H and O–H groups in total. The van der Waals surface area contributed by atoms with Crippen molar-refractivity contribution in [2.45, 2.75) is 44.2 Å². The van der Waals surface area contributed by atoms with Gasteiger partial charge in [0.1, 0.15) is 0 Å². The lowest BCUT2D eigenvalue weighted by molar-refractivity contribution is 0.0905. The Labute approximate surface area is 132 Å². The summed E-state index contributed by atoms with van der Waals surface area (Å²) in [6, 6.07) is 5.70. The van der Waals surface area contributed by atoms with Gasteiger partial charge in [0.15, 0.2) is 0 Å². The molecule has 0 heterocycles. The van der Waals surface area contributed by atoms with Crippen LogP contribution < -0.4 is 10.0 Å². The molecule has 1 aromatic rings. The molecule has 0 aliphatic carbocycles. The molecule has 0 saturated carbocycles. The Hall–Kier alpha value is -1.44. The Morgan fingerprint density at radius 1 is 1.23 bits per heavy atom. The van der Waals surface area contributed by atoms with Crippen molar-refractivity contribution in [2.75, 3.05) is 13.7 Å². The molecule has 1 rings (SSSR count). The highest BCUT2D eigenvalue weighted by Crippen LogP contribution is 2.14. The van der Waals surface area contributed by atoms with Crippen molar-refractivity contribution in [3.05, 3.63) is 29.8 Å². The summed E-state index contributed by atoms with van der Waals surface area (Å²) in [5, 5.41) is 2.76. The maximum absolute atomic E-state index is 12.2. The van der Waals surface area contributed by atoms with Crippen LogP contribution in [-0.2, 0) is 14.8 Å². The minimum absolute atomic E-state index is 0.122. The van der Waals surface area contributed by atoms with Crippen LogP contribution >= 0.6 is 0 Å². The Morgan fingerprint density at radius 3 is 2.23 bits per heavy atom. The van der Waals surface area contributed by atoms with Crippen molar-refractivity contribution >= 4 is 15.9 Å². The zero-order chi connectivity index (χ0) is 17.0. The second kappa shape index (κ2) is 7.21. The largest absolute Gasteiger partial charge is 0.383 e. The summed E-state index contributed by atoms with van der Waals surface area (Å²) in [6.07, 6.45) is 0. The van der Waals surface area contributed by atoms with E-state index in [0.717, 1.165) is 0 Å². The molecule has 7 heteroatoms. The number of benzene rings is 1. The molecule has 0 saturated heterocycles. The summed E-state index contributed by atoms with van der Waals surface area (Å²) >= 11 is 0. The second-order valence-electron chi connectivity index (χ2n) is 6.21. The summed E-state index contributed by atoms with van der Waals surface area (Å²) in [5.74, 6) is -0.266. The molecule has 0 aliphatic heterocycles. The van der Waals surface area contributed by atoms with Crippen molar-refractivity contribution in [1.82, 2.24) is 10.0 Å². The summed E-state index contributed by atoms with van der Waals surface area (Å²) in [5.41, 5.74) is -0.164. The number of ether oxygens (including phenoxy) is 1. The monoisotopic (exact) mass is 328 g/mol. The molecular weight excluding hydrogens is 304 g/mol. The molecular formula is C15H24N2O4S. The summed E-state index contributed by atoms with van der Waals surface area (Å²) in [4.78, 5) is 12.1. The van der Waals surface area contributed by atoms with Gasteiger partial charge in [-0.15, -0.1) is 0 Å². The van der Waals surface area contributed by atoms with Crippen molar-refractivity contribution in [3.8, 4) is 0 Å². The molecule has 1 amide bonds. The van der Waals surface area contributed by atoms with E-state index in [2.05, 4.69) is 10.0 Å². The SMILES string of the molecule is COCC(C)NC(=O)c1ccc(S(=O)(=O)NC(C)(C)C)cc1. The number of sulfonamides is 1. The minimum Gasteiger partial charge on any atom is -0.383 e. The quantitative estimate of drug-likeness (QED) is 0.829. The Kier molecular flexibility index (Phi) is 6.10. The first-order valence-corrected chi connectivity index (χ1v) is 8.47. The number of carbonyl (C=O) groups excluding carboxylic acids is 1. The number of amides is 1. The smallest absolute Gasteiger partial charge is 0.251 e. The van der Waals surface area contributed by atoms with Crippen molar-refractivity contribution in [1.29, 1.82) is 0 Å². The fraction of sp³-hybridized carbons (Fsp3) is 0.533. The van der Waals surface area contributed by atoms with Gasteiger partial charge in [-0.1, -0.05) is 0 Å². The lowest BCUT2D eigenvalue weighted by Crippen LogP contribution is -2.40. The molecule has 0 spiro atoms. The minimum atomic E-state index is -3.59. The van der Waals surface area contributed by atoms with E-state index in [-0.39, 0.29) is 16.8 Å². The van der Waals surface area contributed by atoms with Crippen molar-refractivity contribution in [2.24, 2.45) is 0 Å². The standard InChI is InChI=1S/C15H24N2O4S/c1-11(10-21-5)16-14(18)12-6-8-13(9-7-12)22(19,20)17-15(2,3)4/h6-9,11,17H,10H2,1-5H3,(H,16,18). The van der Waals surface area contributed by atoms with Crippen LogP contribution in [0.25, 0.3) is 0 Å². The maximum Gasteiger partial charge on any atom is 0.251 e. The fourth-order valence-electron chi connectivity index (χ4n) is 1.85. The molecule has 0 bridgehead atoms. The lowest BCUT2D eigenvalue weighted by atomic mass is 10.1. The van der Waals surface area contributed by atoms with Crippen LogP contribution in [-0.4, -0.2) is 39.6 Å². The van der Waals surface area contributed by atoms with Crippen LogP contribution in [0.2, 0.25) is 0 Å². The molecule has 1 atom stereocenters. The van der Waals surface area contributed by atoms with Gasteiger partial charge in [0, 0.05) is 24.3 Å². The molecule has 1 aromatic carbocycles. The molecule has 0 radical (unpaired) electrons. The zero-order valence-electron chi connectivity index (χ0n) is 13.6. The van der Waals surface area contributed by atoms with Crippen LogP contribution in [0.5, 0.6) is 0 Å². The first-order chi connectivity index (χ1) is 10.0. The lowest BCUT2D eigenvalue weighted by Gasteiger charge is -2.20. The molecule has 0 aromatic heterocycles. The third-order valence-corrected chi connectivity index (χ3v) is 4.44. The van der Waals surface area contributed by atoms with Crippen molar-refractivity contribution < 1.29 is 17.9 Å². The number of hydrogen-bond acceptors (Lipinski definition) is 4. The number of methoxy groups -OCH3 is 1. The summed E-state index contributed by atoms with van der Waals surface area (Å²) < 4.78 is 31.8. The number of carbonyl (C=O) groups is 1. The van der Waals surface area contributed by atoms with E-state index in [1.807, 2.05) is 6.92 Å². The predicted molar refractivity (Wildman–Crippen MR) is 85.3 cm³/mol. The van der Waals surface area contributed by atoms with Gasteiger partial charge >= 0.3 is 0 Å². The van der Waals surface area contributed by atoms with Gasteiger partial charge < -0.3 is 10.1 Å². The highest BCUT2D eigenvalue weighted by Gasteiger charge is 2.22. The van der Waals surface area contributed by atoms with Gasteiger partial charge in [-0.25, -0.2) is 13.1 Å². The van der Waals surface area contributed by atoms with E-state index in [1.54, 1.807) is 27.9 Å². The molecule has 124 valence electrons. The van der Waals surface area contributed by atoms with Gasteiger partial charge in [-0.05, 0) is 52.0 Å². The molecule has 6 nitrogen and oxygen atoms in total. The molecule has 0 fully saturated rings. The van der Waals surface area contributed by atoms with Gasteiger partial charge in [0.25, 0.3) is 5.91 Å². The first-order valence-electron chi connectivity index (χ1n) is 6.99. The van der Waals surface area contributed by atoms with E-state index in [0.29, 0.717) is 12.2 Å². The van der Waals surface area contributed by atoms with Crippen molar-refractivity contribution in [3.63, 3.8) is 0 Å². The van der Waals surface area contributed by atoms with E-state index < -0.39 is 15.6 Å². The number of hydrogen-bond donors (Lipinski definition) is 2. The van der Waals surface area contributed by atoms with Crippen LogP contribution in [0.15, 0.2) is 29.2 Å². The third kappa shape index (κ3) is 5.75. The fourth-order valence-corrected chi connectivity index (χ4v) is 3.26. The predicted octanol–water partition coefficient (Wildman–Crippen LogP) is 1.53. The maximum atomic E-state index is 12.2. The average Bonchev–Trinajstić information content (AvgIpc) is 2.36. The molecule has 22 heavy (non-hydrogen) atoms. The topological polar surface area (TPSA) is 84.5 Å². The Morgan fingerprint density at radius 2 is 1.77 bits per heavy atom. The van der Waals surface area contributed by atoms with Gasteiger partial charge in [0.2, 0.25) is 10.0 Å². The van der Waals surface area contributed by atoms with Gasteiger partial charge in [-0.2, -0.15) is 0 Å². The van der Waals surface area contributed by atoms with Crippen LogP contribution in [0.4, 0.5) is 0 Å². The van der Waals surface area contributed by atoms with E-state index in [9.17, 15) is 13.2 Å². The highest BCUT2D eigenvalue weighted by atomic mass is 32.2. The normalized spacial score (nSPS) is 13.7. The van der Waals surface area contributed by atoms with Crippen LogP contribution in [0.3, 0.4) is 0 Å². The Bertz CT molecular complexity index is 603. The van der Waals surface area contributed by atoms with Crippen LogP contribution in [0, 0.1) is 0 Å². The van der Waals surface area contributed by atoms with E-state index in [4.69, 9.17) is 4.74 Å². The molecule has 1 unspecified atom stereocenters. The van der Waals surface area contributed by atoms with Gasteiger partial charge in [-0.3, -0.25) is 4.79 Å². The first kappa shape index (κ1) is 18.6. The highest BCUT2D eigenvalue weighted by molar-refractivity contribution is 7.89. The van der Waals surface area contributed by atoms with Gasteiger partial charge in [0.05, 0.1) is 11.5 Å². The van der Waals surface area contributed by atoms with E-state index >= 15 is 0 Å². The zero-order valence-corrected chi connectivity index (χ0v) is 14.5.